The summed E-state index contributed by atoms with van der Waals surface area (Å²) in [6.07, 6.45) is 1.41. The van der Waals surface area contributed by atoms with E-state index in [9.17, 15) is 5.11 Å². The van der Waals surface area contributed by atoms with E-state index in [2.05, 4.69) is 24.5 Å². The van der Waals surface area contributed by atoms with Crippen molar-refractivity contribution < 1.29 is 5.11 Å². The third kappa shape index (κ3) is 2.82. The number of hydrogen-bond donors (Lipinski definition) is 2. The van der Waals surface area contributed by atoms with Gasteiger partial charge in [0.05, 0.1) is 5.69 Å². The molecule has 2 rings (SSSR count). The van der Waals surface area contributed by atoms with E-state index in [1.54, 1.807) is 0 Å². The molecule has 0 aliphatic carbocycles. The molecule has 3 N–H and O–H groups in total. The third-order valence-corrected chi connectivity index (χ3v) is 3.42. The number of aliphatic hydroxyl groups excluding tert-OH is 1. The number of nitrogens with two attached hydrogens (primary N) is 1. The van der Waals surface area contributed by atoms with Crippen LogP contribution in [0.25, 0.3) is 0 Å². The molecule has 0 spiro atoms. The first kappa shape index (κ1) is 13.7. The van der Waals surface area contributed by atoms with Gasteiger partial charge in [0.15, 0.2) is 0 Å². The first-order valence-corrected chi connectivity index (χ1v) is 6.89. The molecule has 0 saturated heterocycles. The van der Waals surface area contributed by atoms with Crippen LogP contribution in [-0.2, 0) is 13.0 Å². The zero-order valence-corrected chi connectivity index (χ0v) is 11.6. The molecule has 3 nitrogen and oxygen atoms in total. The van der Waals surface area contributed by atoms with Gasteiger partial charge in [0.1, 0.15) is 6.10 Å². The maximum absolute atomic E-state index is 10.6. The third-order valence-electron chi connectivity index (χ3n) is 3.42. The zero-order valence-electron chi connectivity index (χ0n) is 11.6. The van der Waals surface area contributed by atoms with Gasteiger partial charge < -0.3 is 15.4 Å². The summed E-state index contributed by atoms with van der Waals surface area (Å²) < 4.78 is 2.22. The van der Waals surface area contributed by atoms with Crippen LogP contribution < -0.4 is 5.73 Å². The molecule has 2 aromatic rings. The molecule has 0 radical (unpaired) electrons. The summed E-state index contributed by atoms with van der Waals surface area (Å²) in [5.74, 6) is 0. The van der Waals surface area contributed by atoms with Crippen molar-refractivity contribution in [1.82, 2.24) is 4.57 Å². The van der Waals surface area contributed by atoms with Gasteiger partial charge in [-0.2, -0.15) is 0 Å². The SMILES string of the molecule is CCCn1c(CC)ccc1C(O)c1cccc(N)c1. The van der Waals surface area contributed by atoms with E-state index in [4.69, 9.17) is 5.73 Å². The summed E-state index contributed by atoms with van der Waals surface area (Å²) in [6.45, 7) is 5.22. The van der Waals surface area contributed by atoms with Crippen molar-refractivity contribution in [3.8, 4) is 0 Å². The van der Waals surface area contributed by atoms with Gasteiger partial charge in [0.2, 0.25) is 0 Å². The number of rotatable bonds is 5. The lowest BCUT2D eigenvalue weighted by atomic mass is 10.1. The van der Waals surface area contributed by atoms with Crippen molar-refractivity contribution in [2.24, 2.45) is 0 Å². The number of aromatic nitrogens is 1. The highest BCUT2D eigenvalue weighted by Crippen LogP contribution is 2.26. The molecule has 1 heterocycles. The Morgan fingerprint density at radius 1 is 1.21 bits per heavy atom. The number of hydrogen-bond acceptors (Lipinski definition) is 2. The van der Waals surface area contributed by atoms with Crippen molar-refractivity contribution in [3.05, 3.63) is 53.3 Å². The summed E-state index contributed by atoms with van der Waals surface area (Å²) in [4.78, 5) is 0. The van der Waals surface area contributed by atoms with Crippen LogP contribution in [0.3, 0.4) is 0 Å². The summed E-state index contributed by atoms with van der Waals surface area (Å²) in [7, 11) is 0. The number of benzene rings is 1. The molecule has 0 saturated carbocycles. The summed E-state index contributed by atoms with van der Waals surface area (Å²) in [6, 6.07) is 11.6. The fourth-order valence-corrected chi connectivity index (χ4v) is 2.47. The topological polar surface area (TPSA) is 51.2 Å². The first-order chi connectivity index (χ1) is 9.17. The molecule has 0 amide bonds. The van der Waals surface area contributed by atoms with Gasteiger partial charge in [0, 0.05) is 17.9 Å². The van der Waals surface area contributed by atoms with Crippen molar-refractivity contribution in [1.29, 1.82) is 0 Å². The molecule has 19 heavy (non-hydrogen) atoms. The molecule has 0 fully saturated rings. The minimum atomic E-state index is -0.615. The van der Waals surface area contributed by atoms with Gasteiger partial charge in [-0.25, -0.2) is 0 Å². The molecule has 3 heteroatoms. The first-order valence-electron chi connectivity index (χ1n) is 6.89. The van der Waals surface area contributed by atoms with Crippen molar-refractivity contribution in [3.63, 3.8) is 0 Å². The molecular formula is C16H22N2O. The second kappa shape index (κ2) is 5.93. The van der Waals surface area contributed by atoms with E-state index >= 15 is 0 Å². The van der Waals surface area contributed by atoms with E-state index in [1.807, 2.05) is 30.3 Å². The summed E-state index contributed by atoms with van der Waals surface area (Å²) in [5.41, 5.74) is 9.52. The lowest BCUT2D eigenvalue weighted by Gasteiger charge is -2.17. The monoisotopic (exact) mass is 258 g/mol. The Hall–Kier alpha value is -1.74. The molecule has 0 aliphatic rings. The number of nitrogens with zero attached hydrogens (tertiary/aromatic N) is 1. The Kier molecular flexibility index (Phi) is 4.27. The fraction of sp³-hybridized carbons (Fsp3) is 0.375. The molecule has 0 aliphatic heterocycles. The molecule has 0 bridgehead atoms. The number of aliphatic hydroxyl groups is 1. The van der Waals surface area contributed by atoms with Crippen molar-refractivity contribution >= 4 is 5.69 Å². The molecule has 1 atom stereocenters. The van der Waals surface area contributed by atoms with Crippen molar-refractivity contribution in [2.45, 2.75) is 39.3 Å². The minimum absolute atomic E-state index is 0.615. The van der Waals surface area contributed by atoms with Crippen molar-refractivity contribution in [2.75, 3.05) is 5.73 Å². The summed E-state index contributed by atoms with van der Waals surface area (Å²) in [5, 5.41) is 10.6. The Morgan fingerprint density at radius 2 is 2.00 bits per heavy atom. The molecule has 1 aromatic carbocycles. The van der Waals surface area contributed by atoms with Gasteiger partial charge in [-0.1, -0.05) is 26.0 Å². The van der Waals surface area contributed by atoms with E-state index < -0.39 is 6.10 Å². The Bertz CT molecular complexity index is 545. The van der Waals surface area contributed by atoms with Crippen LogP contribution in [0.15, 0.2) is 36.4 Å². The standard InChI is InChI=1S/C16H22N2O/c1-3-10-18-14(4-2)8-9-15(18)16(19)12-6-5-7-13(17)11-12/h5-9,11,16,19H,3-4,10,17H2,1-2H3. The highest BCUT2D eigenvalue weighted by Gasteiger charge is 2.16. The minimum Gasteiger partial charge on any atom is -0.399 e. The lowest BCUT2D eigenvalue weighted by molar-refractivity contribution is 0.209. The van der Waals surface area contributed by atoms with E-state index in [0.717, 1.165) is 30.6 Å². The fourth-order valence-electron chi connectivity index (χ4n) is 2.47. The second-order valence-electron chi connectivity index (χ2n) is 4.83. The van der Waals surface area contributed by atoms with E-state index in [0.29, 0.717) is 5.69 Å². The summed E-state index contributed by atoms with van der Waals surface area (Å²) >= 11 is 0. The molecule has 1 unspecified atom stereocenters. The second-order valence-corrected chi connectivity index (χ2v) is 4.83. The maximum atomic E-state index is 10.6. The molecule has 1 aromatic heterocycles. The van der Waals surface area contributed by atoms with Gasteiger partial charge in [-0.15, -0.1) is 0 Å². The Morgan fingerprint density at radius 3 is 2.63 bits per heavy atom. The normalized spacial score (nSPS) is 12.6. The van der Waals surface area contributed by atoms with Crippen LogP contribution in [0.5, 0.6) is 0 Å². The largest absolute Gasteiger partial charge is 0.399 e. The van der Waals surface area contributed by atoms with E-state index in [1.165, 1.54) is 5.69 Å². The molecule has 102 valence electrons. The van der Waals surface area contributed by atoms with E-state index in [-0.39, 0.29) is 0 Å². The van der Waals surface area contributed by atoms with Gasteiger partial charge in [-0.3, -0.25) is 0 Å². The van der Waals surface area contributed by atoms with Crippen LogP contribution in [0.1, 0.15) is 43.3 Å². The zero-order chi connectivity index (χ0) is 13.8. The number of aryl methyl sites for hydroxylation is 1. The van der Waals surface area contributed by atoms with Crippen LogP contribution in [0.4, 0.5) is 5.69 Å². The quantitative estimate of drug-likeness (QED) is 0.810. The Labute approximate surface area is 114 Å². The molecular weight excluding hydrogens is 236 g/mol. The van der Waals surface area contributed by atoms with Gasteiger partial charge in [-0.05, 0) is 42.7 Å². The highest BCUT2D eigenvalue weighted by molar-refractivity contribution is 5.43. The average molecular weight is 258 g/mol. The maximum Gasteiger partial charge on any atom is 0.119 e. The van der Waals surface area contributed by atoms with Crippen LogP contribution >= 0.6 is 0 Å². The Balaban J connectivity index is 2.38. The average Bonchev–Trinajstić information content (AvgIpc) is 2.81. The van der Waals surface area contributed by atoms with Crippen LogP contribution in [0.2, 0.25) is 0 Å². The smallest absolute Gasteiger partial charge is 0.119 e. The predicted molar refractivity (Wildman–Crippen MR) is 79.0 cm³/mol. The predicted octanol–water partition coefficient (Wildman–Crippen LogP) is 3.12. The van der Waals surface area contributed by atoms with Gasteiger partial charge in [0.25, 0.3) is 0 Å². The highest BCUT2D eigenvalue weighted by atomic mass is 16.3. The van der Waals surface area contributed by atoms with Crippen LogP contribution in [-0.4, -0.2) is 9.67 Å². The van der Waals surface area contributed by atoms with Gasteiger partial charge >= 0.3 is 0 Å². The lowest BCUT2D eigenvalue weighted by Crippen LogP contribution is -2.11. The number of nitrogen functional groups attached to an aromatic ring is 1. The number of anilines is 1. The van der Waals surface area contributed by atoms with Crippen LogP contribution in [0, 0.1) is 0 Å².